The topological polar surface area (TPSA) is 63.6 Å². The Morgan fingerprint density at radius 1 is 1.29 bits per heavy atom. The molecule has 0 atom stereocenters. The van der Waals surface area contributed by atoms with E-state index in [1.807, 2.05) is 20.8 Å². The monoisotopic (exact) mass is 260 g/mol. The molecule has 4 nitrogen and oxygen atoms in total. The van der Waals surface area contributed by atoms with Crippen LogP contribution in [0.3, 0.4) is 0 Å². The van der Waals surface area contributed by atoms with Crippen molar-refractivity contribution in [2.75, 3.05) is 0 Å². The largest absolute Gasteiger partial charge is 0.397 e. The van der Waals surface area contributed by atoms with Crippen molar-refractivity contribution in [1.29, 1.82) is 0 Å². The van der Waals surface area contributed by atoms with Gasteiger partial charge in [-0.15, -0.1) is 6.58 Å². The highest BCUT2D eigenvalue weighted by Gasteiger charge is 2.03. The Hall–Kier alpha value is -1.17. The van der Waals surface area contributed by atoms with Crippen molar-refractivity contribution in [2.24, 2.45) is 0 Å². The number of benzene rings is 1. The third-order valence-electron chi connectivity index (χ3n) is 1.22. The maximum Gasteiger partial charge on any atom is 0.397 e. The van der Waals surface area contributed by atoms with Gasteiger partial charge in [0.25, 0.3) is 0 Å². The van der Waals surface area contributed by atoms with Crippen LogP contribution in [0.4, 0.5) is 0 Å². The molecule has 1 N–H and O–H groups in total. The van der Waals surface area contributed by atoms with Crippen LogP contribution < -0.4 is 0 Å². The fourth-order valence-corrected chi connectivity index (χ4v) is 1.00. The third-order valence-corrected chi connectivity index (χ3v) is 1.63. The van der Waals surface area contributed by atoms with Gasteiger partial charge in [0.15, 0.2) is 0 Å². The normalized spacial score (nSPS) is 9.18. The van der Waals surface area contributed by atoms with E-state index in [1.54, 1.807) is 36.4 Å². The van der Waals surface area contributed by atoms with Crippen LogP contribution in [0.5, 0.6) is 0 Å². The molecule has 5 heteroatoms. The lowest BCUT2D eigenvalue weighted by atomic mass is 10.2. The van der Waals surface area contributed by atoms with Gasteiger partial charge in [0.2, 0.25) is 0 Å². The quantitative estimate of drug-likeness (QED) is 0.669. The lowest BCUT2D eigenvalue weighted by molar-refractivity contribution is 0.259. The summed E-state index contributed by atoms with van der Waals surface area (Å²) in [4.78, 5) is 0. The Labute approximate surface area is 104 Å². The zero-order valence-electron chi connectivity index (χ0n) is 10.5. The molecule has 0 spiro atoms. The number of rotatable bonds is 3. The molecular weight excluding hydrogens is 240 g/mol. The van der Waals surface area contributed by atoms with Crippen LogP contribution in [0.1, 0.15) is 26.3 Å². The van der Waals surface area contributed by atoms with E-state index in [4.69, 9.17) is 4.55 Å². The molecule has 0 aliphatic carbocycles. The zero-order valence-corrected chi connectivity index (χ0v) is 11.3. The Balaban J connectivity index is 0. The summed E-state index contributed by atoms with van der Waals surface area (Å²) >= 11 is 0. The predicted octanol–water partition coefficient (Wildman–Crippen LogP) is 3.22. The Bertz CT molecular complexity index is 371. The lowest BCUT2D eigenvalue weighted by Gasteiger charge is -1.98. The van der Waals surface area contributed by atoms with E-state index in [2.05, 4.69) is 10.8 Å². The van der Waals surface area contributed by atoms with Crippen molar-refractivity contribution in [3.05, 3.63) is 48.6 Å². The Kier molecular flexibility index (Phi) is 12.1. The van der Waals surface area contributed by atoms with Crippen molar-refractivity contribution in [1.82, 2.24) is 0 Å². The summed E-state index contributed by atoms with van der Waals surface area (Å²) in [6.45, 7) is 9.11. The first-order chi connectivity index (χ1) is 7.99. The molecule has 1 rings (SSSR count). The molecule has 0 fully saturated rings. The molecule has 0 saturated carbocycles. The molecule has 1 aromatic rings. The van der Waals surface area contributed by atoms with Crippen LogP contribution in [0.25, 0.3) is 0 Å². The minimum Gasteiger partial charge on any atom is -0.264 e. The highest BCUT2D eigenvalue weighted by molar-refractivity contribution is 7.80. The van der Waals surface area contributed by atoms with Gasteiger partial charge in [-0.3, -0.25) is 4.55 Å². The second kappa shape index (κ2) is 11.3. The van der Waals surface area contributed by atoms with E-state index < -0.39 is 10.4 Å². The highest BCUT2D eigenvalue weighted by Crippen LogP contribution is 2.01. The number of hydrogen-bond donors (Lipinski definition) is 1. The van der Waals surface area contributed by atoms with E-state index in [0.717, 1.165) is 0 Å². The summed E-state index contributed by atoms with van der Waals surface area (Å²) < 4.78 is 32.6. The fraction of sp³-hybridized carbons (Fsp3) is 0.333. The van der Waals surface area contributed by atoms with Crippen LogP contribution in [-0.2, 0) is 21.2 Å². The van der Waals surface area contributed by atoms with Gasteiger partial charge >= 0.3 is 10.4 Å². The predicted molar refractivity (Wildman–Crippen MR) is 70.0 cm³/mol. The summed E-state index contributed by atoms with van der Waals surface area (Å²) in [5.74, 6) is 0. The van der Waals surface area contributed by atoms with Crippen LogP contribution in [0, 0.1) is 0 Å². The average molecular weight is 260 g/mol. The lowest BCUT2D eigenvalue weighted by Crippen LogP contribution is -2.03. The van der Waals surface area contributed by atoms with Crippen LogP contribution >= 0.6 is 0 Å². The van der Waals surface area contributed by atoms with Crippen LogP contribution in [-0.4, -0.2) is 13.0 Å². The molecule has 0 bridgehead atoms. The van der Waals surface area contributed by atoms with E-state index in [9.17, 15) is 8.42 Å². The van der Waals surface area contributed by atoms with E-state index >= 15 is 0 Å². The van der Waals surface area contributed by atoms with Crippen LogP contribution in [0.2, 0.25) is 0 Å². The summed E-state index contributed by atoms with van der Waals surface area (Å²) in [6.07, 6.45) is 1.75. The molecule has 0 amide bonds. The molecule has 0 unspecified atom stereocenters. The fourth-order valence-electron chi connectivity index (χ4n) is 0.717. The average Bonchev–Trinajstić information content (AvgIpc) is 2.31. The molecule has 0 aromatic heterocycles. The summed E-state index contributed by atoms with van der Waals surface area (Å²) in [6, 6.07) is 8.71. The van der Waals surface area contributed by atoms with Crippen LogP contribution in [0.15, 0.2) is 43.0 Å². The molecule has 0 aliphatic heterocycles. The third kappa shape index (κ3) is 14.8. The standard InChI is InChI=1S/C7H8O4S.C3H6.C2H6/c8-12(9,10)11-6-7-4-2-1-3-5-7;1-3-2;1-2/h1-5H,6H2,(H,8,9,10);3H,1H2,2H3;1-2H3. The molecule has 98 valence electrons. The summed E-state index contributed by atoms with van der Waals surface area (Å²) in [5, 5.41) is 0. The molecular formula is C12H20O4S. The van der Waals surface area contributed by atoms with Crippen molar-refractivity contribution in [3.63, 3.8) is 0 Å². The number of hydrogen-bond acceptors (Lipinski definition) is 3. The first-order valence-electron chi connectivity index (χ1n) is 5.22. The maximum absolute atomic E-state index is 10.1. The molecule has 0 heterocycles. The van der Waals surface area contributed by atoms with Gasteiger partial charge in [-0.1, -0.05) is 50.3 Å². The molecule has 0 aliphatic rings. The van der Waals surface area contributed by atoms with E-state index in [0.29, 0.717) is 5.56 Å². The molecule has 1 aromatic carbocycles. The first kappa shape index (κ1) is 18.2. The van der Waals surface area contributed by atoms with Crippen molar-refractivity contribution >= 4 is 10.4 Å². The summed E-state index contributed by atoms with van der Waals surface area (Å²) in [5.41, 5.74) is 0.690. The van der Waals surface area contributed by atoms with Gasteiger partial charge in [-0.05, 0) is 12.5 Å². The second-order valence-electron chi connectivity index (χ2n) is 2.58. The van der Waals surface area contributed by atoms with E-state index in [1.165, 1.54) is 0 Å². The van der Waals surface area contributed by atoms with Gasteiger partial charge in [-0.25, -0.2) is 4.18 Å². The van der Waals surface area contributed by atoms with Gasteiger partial charge in [0.05, 0.1) is 6.61 Å². The minimum atomic E-state index is -4.32. The molecule has 0 radical (unpaired) electrons. The Morgan fingerprint density at radius 2 is 1.71 bits per heavy atom. The van der Waals surface area contributed by atoms with Crippen molar-refractivity contribution in [2.45, 2.75) is 27.4 Å². The molecule has 17 heavy (non-hydrogen) atoms. The van der Waals surface area contributed by atoms with Crippen molar-refractivity contribution < 1.29 is 17.2 Å². The van der Waals surface area contributed by atoms with Crippen molar-refractivity contribution in [3.8, 4) is 0 Å². The zero-order chi connectivity index (χ0) is 13.7. The summed E-state index contributed by atoms with van der Waals surface area (Å²) in [7, 11) is -4.32. The van der Waals surface area contributed by atoms with Gasteiger partial charge in [0, 0.05) is 0 Å². The highest BCUT2D eigenvalue weighted by atomic mass is 32.3. The smallest absolute Gasteiger partial charge is 0.264 e. The Morgan fingerprint density at radius 3 is 2.06 bits per heavy atom. The number of allylic oxidation sites excluding steroid dienone is 1. The minimum absolute atomic E-state index is 0.139. The molecule has 0 saturated heterocycles. The SMILES string of the molecule is C=CC.CC.O=S(=O)(O)OCc1ccccc1. The second-order valence-corrected chi connectivity index (χ2v) is 3.67. The first-order valence-corrected chi connectivity index (χ1v) is 6.59. The van der Waals surface area contributed by atoms with Gasteiger partial charge < -0.3 is 0 Å². The van der Waals surface area contributed by atoms with Gasteiger partial charge in [0.1, 0.15) is 0 Å². The van der Waals surface area contributed by atoms with Gasteiger partial charge in [-0.2, -0.15) is 8.42 Å². The maximum atomic E-state index is 10.1. The van der Waals surface area contributed by atoms with E-state index in [-0.39, 0.29) is 6.61 Å².